The molecule has 5 aliphatic heterocycles. The SMILES string of the molecule is O=C1C2C3C=CC(NC(c4ccccc4)P4(=O)Oc5ccccc5-c5ccccc54)(O3)C2C(=O)N1CCNC(c1ccccc1)P1(=O)Oc2ccccc2-c2ccccc21. The predicted molar refractivity (Wildman–Crippen MR) is 229 cm³/mol. The summed E-state index contributed by atoms with van der Waals surface area (Å²) in [6.45, 7) is 0.155. The molecule has 2 N–H and O–H groups in total. The lowest BCUT2D eigenvalue weighted by molar-refractivity contribution is -0.145. The second kappa shape index (κ2) is 14.1. The molecule has 8 atom stereocenters. The van der Waals surface area contributed by atoms with Crippen molar-refractivity contribution in [3.8, 4) is 33.8 Å². The number of amides is 2. The maximum absolute atomic E-state index is 15.7. The average Bonchev–Trinajstić information content (AvgIpc) is 3.94. The van der Waals surface area contributed by atoms with Gasteiger partial charge in [-0.05, 0) is 52.6 Å². The van der Waals surface area contributed by atoms with Gasteiger partial charge in [0.2, 0.25) is 11.8 Å². The molecule has 0 aromatic heterocycles. The largest absolute Gasteiger partial charge is 0.438 e. The summed E-state index contributed by atoms with van der Waals surface area (Å²) in [4.78, 5) is 30.3. The first kappa shape index (κ1) is 37.2. The normalized spacial score (nSPS) is 27.5. The zero-order chi connectivity index (χ0) is 40.6. The molecular formula is C48H39N3O7P2. The Labute approximate surface area is 347 Å². The Balaban J connectivity index is 0.898. The third-order valence-electron chi connectivity index (χ3n) is 12.4. The van der Waals surface area contributed by atoms with Gasteiger partial charge in [-0.3, -0.25) is 34.3 Å². The van der Waals surface area contributed by atoms with Crippen molar-refractivity contribution in [2.45, 2.75) is 23.4 Å². The number of likely N-dealkylation sites (tertiary alicyclic amines) is 1. The highest BCUT2D eigenvalue weighted by Crippen LogP contribution is 2.65. The van der Waals surface area contributed by atoms with Crippen molar-refractivity contribution in [1.82, 2.24) is 15.5 Å². The zero-order valence-electron chi connectivity index (χ0n) is 32.2. The molecule has 6 aromatic rings. The summed E-state index contributed by atoms with van der Waals surface area (Å²) in [6, 6.07) is 49.1. The van der Waals surface area contributed by atoms with E-state index >= 15 is 9.13 Å². The van der Waals surface area contributed by atoms with Gasteiger partial charge in [0.05, 0.1) is 28.5 Å². The monoisotopic (exact) mass is 831 g/mol. The van der Waals surface area contributed by atoms with Crippen LogP contribution in [0.15, 0.2) is 170 Å². The van der Waals surface area contributed by atoms with Crippen molar-refractivity contribution in [2.75, 3.05) is 13.1 Å². The summed E-state index contributed by atoms with van der Waals surface area (Å²) >= 11 is 0. The number of fused-ring (bicyclic) bond motifs is 11. The van der Waals surface area contributed by atoms with Gasteiger partial charge in [0, 0.05) is 24.2 Å². The van der Waals surface area contributed by atoms with Crippen LogP contribution in [0.3, 0.4) is 0 Å². The molecule has 2 amide bonds. The van der Waals surface area contributed by atoms with Crippen LogP contribution in [0.25, 0.3) is 22.3 Å². The van der Waals surface area contributed by atoms with E-state index in [-0.39, 0.29) is 19.0 Å². The summed E-state index contributed by atoms with van der Waals surface area (Å²) in [6.07, 6.45) is 2.94. The summed E-state index contributed by atoms with van der Waals surface area (Å²) in [5.41, 5.74) is 3.33. The lowest BCUT2D eigenvalue weighted by Crippen LogP contribution is -2.53. The van der Waals surface area contributed by atoms with Crippen LogP contribution in [0, 0.1) is 11.8 Å². The fraction of sp³-hybridized carbons (Fsp3) is 0.167. The summed E-state index contributed by atoms with van der Waals surface area (Å²) in [7, 11) is -7.54. The Morgan fingerprint density at radius 1 is 0.583 bits per heavy atom. The van der Waals surface area contributed by atoms with E-state index in [0.29, 0.717) is 27.7 Å². The zero-order valence-corrected chi connectivity index (χ0v) is 34.0. The van der Waals surface area contributed by atoms with Crippen molar-refractivity contribution >= 4 is 37.2 Å². The summed E-state index contributed by atoms with van der Waals surface area (Å²) < 4.78 is 50.8. The highest BCUT2D eigenvalue weighted by molar-refractivity contribution is 7.68. The molecule has 0 aliphatic carbocycles. The van der Waals surface area contributed by atoms with Gasteiger partial charge < -0.3 is 13.8 Å². The van der Waals surface area contributed by atoms with Crippen molar-refractivity contribution in [2.24, 2.45) is 11.8 Å². The van der Waals surface area contributed by atoms with Gasteiger partial charge in [0.15, 0.2) is 5.72 Å². The van der Waals surface area contributed by atoms with Gasteiger partial charge in [-0.1, -0.05) is 140 Å². The topological polar surface area (TPSA) is 123 Å². The molecule has 6 aromatic carbocycles. The number of ether oxygens (including phenoxy) is 1. The van der Waals surface area contributed by atoms with Crippen LogP contribution in [-0.2, 0) is 23.5 Å². The Hall–Kier alpha value is -5.86. The molecule has 10 nitrogen and oxygen atoms in total. The Morgan fingerprint density at radius 2 is 1.07 bits per heavy atom. The summed E-state index contributed by atoms with van der Waals surface area (Å²) in [5, 5.41) is 8.18. The van der Waals surface area contributed by atoms with Crippen molar-refractivity contribution in [1.29, 1.82) is 0 Å². The van der Waals surface area contributed by atoms with Crippen molar-refractivity contribution < 1.29 is 32.5 Å². The van der Waals surface area contributed by atoms with Crippen LogP contribution in [0.1, 0.15) is 22.7 Å². The summed E-state index contributed by atoms with van der Waals surface area (Å²) in [5.74, 6) is -3.19. The first-order chi connectivity index (χ1) is 29.3. The van der Waals surface area contributed by atoms with E-state index in [9.17, 15) is 9.59 Å². The van der Waals surface area contributed by atoms with Crippen LogP contribution < -0.4 is 30.3 Å². The minimum atomic E-state index is -3.85. The lowest BCUT2D eigenvalue weighted by atomic mass is 9.81. The smallest absolute Gasteiger partial charge is 0.298 e. The van der Waals surface area contributed by atoms with E-state index in [4.69, 9.17) is 13.8 Å². The molecule has 2 bridgehead atoms. The highest BCUT2D eigenvalue weighted by atomic mass is 31.2. The van der Waals surface area contributed by atoms with E-state index in [0.717, 1.165) is 27.8 Å². The molecule has 12 heteroatoms. The lowest BCUT2D eigenvalue weighted by Gasteiger charge is -2.39. The molecule has 60 heavy (non-hydrogen) atoms. The third-order valence-corrected chi connectivity index (χ3v) is 17.7. The number of carbonyl (C=O) groups excluding carboxylic acids is 2. The average molecular weight is 832 g/mol. The van der Waals surface area contributed by atoms with Crippen LogP contribution in [0.4, 0.5) is 0 Å². The predicted octanol–water partition coefficient (Wildman–Crippen LogP) is 8.16. The quantitative estimate of drug-likeness (QED) is 0.0800. The molecule has 5 heterocycles. The van der Waals surface area contributed by atoms with Gasteiger partial charge in [-0.25, -0.2) is 0 Å². The number of nitrogens with zero attached hydrogens (tertiary/aromatic N) is 1. The molecule has 0 radical (unpaired) electrons. The molecule has 2 fully saturated rings. The van der Waals surface area contributed by atoms with Gasteiger partial charge >= 0.3 is 0 Å². The number of nitrogens with one attached hydrogen (secondary N) is 2. The maximum Gasteiger partial charge on any atom is 0.298 e. The van der Waals surface area contributed by atoms with E-state index in [1.54, 1.807) is 6.08 Å². The van der Waals surface area contributed by atoms with Crippen LogP contribution in [0.5, 0.6) is 11.5 Å². The number of rotatable bonds is 10. The standard InChI is InChI=1S/C48H39N3O7P2/c52-46-42-39-27-28-48(56-39,50-45(32-17-5-2-6-18-32)60(55)41-26-14-10-22-36(41)34-20-8-12-24-38(34)58-60)43(42)47(53)51(46)30-29-49-44(31-15-3-1-4-16-31)59(54)40-25-13-9-21-35(40)33-19-7-11-23-37(33)57-59/h1-28,39,42-45,49-50H,29-30H2. The fourth-order valence-electron chi connectivity index (χ4n) is 9.69. The number of carbonyl (C=O) groups is 2. The molecule has 0 spiro atoms. The highest BCUT2D eigenvalue weighted by Gasteiger charge is 2.69. The van der Waals surface area contributed by atoms with E-state index < -0.39 is 55.9 Å². The second-order valence-corrected chi connectivity index (χ2v) is 20.4. The van der Waals surface area contributed by atoms with Crippen LogP contribution in [0.2, 0.25) is 0 Å². The van der Waals surface area contributed by atoms with Crippen molar-refractivity contribution in [3.05, 3.63) is 181 Å². The minimum absolute atomic E-state index is 0.0168. The molecule has 11 rings (SSSR count). The van der Waals surface area contributed by atoms with Gasteiger partial charge in [-0.2, -0.15) is 0 Å². The van der Waals surface area contributed by atoms with Gasteiger partial charge in [-0.15, -0.1) is 0 Å². The Bertz CT molecular complexity index is 2840. The first-order valence-electron chi connectivity index (χ1n) is 20.1. The van der Waals surface area contributed by atoms with E-state index in [2.05, 4.69) is 10.6 Å². The van der Waals surface area contributed by atoms with E-state index in [1.807, 2.05) is 164 Å². The van der Waals surface area contributed by atoms with Crippen LogP contribution in [-0.4, -0.2) is 41.6 Å². The maximum atomic E-state index is 15.7. The Morgan fingerprint density at radius 3 is 1.65 bits per heavy atom. The van der Waals surface area contributed by atoms with Gasteiger partial charge in [0.1, 0.15) is 23.1 Å². The number of para-hydroxylation sites is 2. The number of imide groups is 1. The molecule has 2 saturated heterocycles. The third kappa shape index (κ3) is 5.59. The first-order valence-corrected chi connectivity index (χ1v) is 23.5. The fourth-order valence-corrected chi connectivity index (χ4v) is 15.1. The molecule has 0 saturated carbocycles. The molecule has 8 unspecified atom stereocenters. The van der Waals surface area contributed by atoms with Crippen molar-refractivity contribution in [3.63, 3.8) is 0 Å². The number of hydrogen-bond acceptors (Lipinski definition) is 9. The minimum Gasteiger partial charge on any atom is -0.438 e. The molecule has 5 aliphatic rings. The van der Waals surface area contributed by atoms with Gasteiger partial charge in [0.25, 0.3) is 14.7 Å². The van der Waals surface area contributed by atoms with E-state index in [1.165, 1.54) is 4.90 Å². The Kier molecular flexibility index (Phi) is 8.75. The number of benzene rings is 6. The number of hydrogen-bond donors (Lipinski definition) is 2. The second-order valence-electron chi connectivity index (χ2n) is 15.7. The van der Waals surface area contributed by atoms with Crippen LogP contribution >= 0.6 is 14.7 Å². The molecular weight excluding hydrogens is 792 g/mol. The molecule has 298 valence electrons.